The smallest absolute Gasteiger partial charge is 0.410 e. The fourth-order valence-corrected chi connectivity index (χ4v) is 1.67. The summed E-state index contributed by atoms with van der Waals surface area (Å²) in [6, 6.07) is -0.488. The molecule has 1 aliphatic rings. The molecule has 0 radical (unpaired) electrons. The van der Waals surface area contributed by atoms with Gasteiger partial charge < -0.3 is 9.47 Å². The number of carbonyl (C=O) groups is 2. The number of nitrogens with zero attached hydrogens (tertiary/aromatic N) is 1. The number of hydrogen-bond donors (Lipinski definition) is 0. The second-order valence-electron chi connectivity index (χ2n) is 3.52. The van der Waals surface area contributed by atoms with E-state index < -0.39 is 12.1 Å². The number of esters is 1. The van der Waals surface area contributed by atoms with Gasteiger partial charge in [-0.3, -0.25) is 4.90 Å². The van der Waals surface area contributed by atoms with E-state index in [0.29, 0.717) is 13.0 Å². The van der Waals surface area contributed by atoms with Gasteiger partial charge in [-0.05, 0) is 19.8 Å². The molecule has 16 heavy (non-hydrogen) atoms. The zero-order chi connectivity index (χ0) is 12.0. The molecule has 0 saturated carbocycles. The van der Waals surface area contributed by atoms with Crippen LogP contribution in [0.4, 0.5) is 4.79 Å². The third kappa shape index (κ3) is 2.98. The lowest BCUT2D eigenvalue weighted by atomic mass is 10.2. The van der Waals surface area contributed by atoms with E-state index >= 15 is 0 Å². The molecule has 5 nitrogen and oxygen atoms in total. The van der Waals surface area contributed by atoms with Gasteiger partial charge in [0.2, 0.25) is 0 Å². The summed E-state index contributed by atoms with van der Waals surface area (Å²) in [4.78, 5) is 24.4. The third-order valence-electron chi connectivity index (χ3n) is 2.49. The fourth-order valence-electron chi connectivity index (χ4n) is 1.67. The highest BCUT2D eigenvalue weighted by Crippen LogP contribution is 2.19. The van der Waals surface area contributed by atoms with E-state index in [0.717, 1.165) is 6.42 Å². The maximum Gasteiger partial charge on any atom is 0.410 e. The maximum atomic E-state index is 11.6. The highest BCUT2D eigenvalue weighted by Gasteiger charge is 2.35. The Morgan fingerprint density at radius 2 is 2.25 bits per heavy atom. The van der Waals surface area contributed by atoms with Crippen molar-refractivity contribution in [2.45, 2.75) is 25.8 Å². The summed E-state index contributed by atoms with van der Waals surface area (Å²) in [6.07, 6.45) is 4.53. The molecule has 1 heterocycles. The van der Waals surface area contributed by atoms with E-state index in [2.05, 4.69) is 4.74 Å². The molecule has 1 saturated heterocycles. The Morgan fingerprint density at radius 1 is 1.50 bits per heavy atom. The number of likely N-dealkylation sites (tertiary alicyclic amines) is 1. The van der Waals surface area contributed by atoms with Gasteiger partial charge in [-0.1, -0.05) is 12.2 Å². The molecule has 0 aromatic heterocycles. The van der Waals surface area contributed by atoms with Crippen LogP contribution in [0.5, 0.6) is 0 Å². The summed E-state index contributed by atoms with van der Waals surface area (Å²) in [6.45, 7) is 2.65. The number of methoxy groups -OCH3 is 1. The first kappa shape index (κ1) is 12.5. The van der Waals surface area contributed by atoms with Gasteiger partial charge in [0.1, 0.15) is 12.6 Å². The Kier molecular flexibility index (Phi) is 4.82. The first-order valence-corrected chi connectivity index (χ1v) is 5.33. The highest BCUT2D eigenvalue weighted by atomic mass is 16.6. The normalized spacial score (nSPS) is 20.1. The molecule has 0 spiro atoms. The van der Waals surface area contributed by atoms with Crippen LogP contribution < -0.4 is 0 Å². The van der Waals surface area contributed by atoms with Gasteiger partial charge in [0, 0.05) is 6.54 Å². The number of ether oxygens (including phenoxy) is 2. The molecule has 0 aliphatic carbocycles. The predicted molar refractivity (Wildman–Crippen MR) is 57.9 cm³/mol. The summed E-state index contributed by atoms with van der Waals surface area (Å²) >= 11 is 0. The summed E-state index contributed by atoms with van der Waals surface area (Å²) in [7, 11) is 1.31. The van der Waals surface area contributed by atoms with Crippen LogP contribution in [0.2, 0.25) is 0 Å². The second-order valence-corrected chi connectivity index (χ2v) is 3.52. The summed E-state index contributed by atoms with van der Waals surface area (Å²) in [5.41, 5.74) is 0. The van der Waals surface area contributed by atoms with Crippen LogP contribution in [0, 0.1) is 0 Å². The molecule has 1 fully saturated rings. The molecule has 5 heteroatoms. The van der Waals surface area contributed by atoms with Crippen molar-refractivity contribution < 1.29 is 19.1 Å². The van der Waals surface area contributed by atoms with E-state index in [4.69, 9.17) is 4.74 Å². The lowest BCUT2D eigenvalue weighted by Crippen LogP contribution is -2.41. The molecule has 0 aromatic carbocycles. The SMILES string of the molecule is CC=CCOC(=O)C1CCCN1C(=O)OC. The Bertz CT molecular complexity index is 288. The van der Waals surface area contributed by atoms with Gasteiger partial charge in [0.25, 0.3) is 0 Å². The largest absolute Gasteiger partial charge is 0.460 e. The molecular formula is C11H17NO4. The van der Waals surface area contributed by atoms with Crippen molar-refractivity contribution in [2.75, 3.05) is 20.3 Å². The topological polar surface area (TPSA) is 55.8 Å². The van der Waals surface area contributed by atoms with Gasteiger partial charge in [-0.25, -0.2) is 9.59 Å². The number of carbonyl (C=O) groups excluding carboxylic acids is 2. The van der Waals surface area contributed by atoms with Gasteiger partial charge in [-0.2, -0.15) is 0 Å². The number of hydrogen-bond acceptors (Lipinski definition) is 4. The average molecular weight is 227 g/mol. The van der Waals surface area contributed by atoms with Crippen LogP contribution in [0.3, 0.4) is 0 Å². The first-order valence-electron chi connectivity index (χ1n) is 5.33. The monoisotopic (exact) mass is 227 g/mol. The summed E-state index contributed by atoms with van der Waals surface area (Å²) in [5, 5.41) is 0. The van der Waals surface area contributed by atoms with Gasteiger partial charge >= 0.3 is 12.1 Å². The first-order chi connectivity index (χ1) is 7.70. The minimum Gasteiger partial charge on any atom is -0.460 e. The Balaban J connectivity index is 2.50. The Labute approximate surface area is 95.0 Å². The minimum atomic E-state index is -0.488. The van der Waals surface area contributed by atoms with Crippen LogP contribution in [0.1, 0.15) is 19.8 Å². The minimum absolute atomic E-state index is 0.251. The molecule has 1 unspecified atom stereocenters. The second kappa shape index (κ2) is 6.15. The highest BCUT2D eigenvalue weighted by molar-refractivity contribution is 5.82. The Morgan fingerprint density at radius 3 is 2.88 bits per heavy atom. The van der Waals surface area contributed by atoms with E-state index in [1.165, 1.54) is 12.0 Å². The van der Waals surface area contributed by atoms with Crippen molar-refractivity contribution in [3.05, 3.63) is 12.2 Å². The lowest BCUT2D eigenvalue weighted by Gasteiger charge is -2.21. The molecule has 0 N–H and O–H groups in total. The summed E-state index contributed by atoms with van der Waals surface area (Å²) in [5.74, 6) is -0.360. The van der Waals surface area contributed by atoms with Crippen molar-refractivity contribution in [3.8, 4) is 0 Å². The zero-order valence-electron chi connectivity index (χ0n) is 9.64. The van der Waals surface area contributed by atoms with Gasteiger partial charge in [0.05, 0.1) is 7.11 Å². The molecule has 1 aliphatic heterocycles. The zero-order valence-corrected chi connectivity index (χ0v) is 9.64. The molecular weight excluding hydrogens is 210 g/mol. The molecule has 90 valence electrons. The average Bonchev–Trinajstić information content (AvgIpc) is 2.77. The van der Waals surface area contributed by atoms with E-state index in [1.807, 2.05) is 6.92 Å². The van der Waals surface area contributed by atoms with Crippen LogP contribution in [0.15, 0.2) is 12.2 Å². The van der Waals surface area contributed by atoms with E-state index in [9.17, 15) is 9.59 Å². The van der Waals surface area contributed by atoms with Gasteiger partial charge in [0.15, 0.2) is 0 Å². The molecule has 1 rings (SSSR count). The fraction of sp³-hybridized carbons (Fsp3) is 0.636. The van der Waals surface area contributed by atoms with Crippen LogP contribution in [-0.2, 0) is 14.3 Å². The van der Waals surface area contributed by atoms with Crippen molar-refractivity contribution in [3.63, 3.8) is 0 Å². The Hall–Kier alpha value is -1.52. The number of rotatable bonds is 3. The predicted octanol–water partition coefficient (Wildman–Crippen LogP) is 1.34. The molecule has 0 bridgehead atoms. The standard InChI is InChI=1S/C11H17NO4/c1-3-4-8-16-10(13)9-6-5-7-12(9)11(14)15-2/h3-4,9H,5-8H2,1-2H3. The van der Waals surface area contributed by atoms with Crippen LogP contribution in [0.25, 0.3) is 0 Å². The van der Waals surface area contributed by atoms with Crippen LogP contribution >= 0.6 is 0 Å². The quantitative estimate of drug-likeness (QED) is 0.539. The van der Waals surface area contributed by atoms with Crippen molar-refractivity contribution >= 4 is 12.1 Å². The molecule has 1 atom stereocenters. The third-order valence-corrected chi connectivity index (χ3v) is 2.49. The van der Waals surface area contributed by atoms with E-state index in [-0.39, 0.29) is 12.6 Å². The number of allylic oxidation sites excluding steroid dienone is 1. The van der Waals surface area contributed by atoms with Crippen LogP contribution in [-0.4, -0.2) is 43.3 Å². The maximum absolute atomic E-state index is 11.6. The lowest BCUT2D eigenvalue weighted by molar-refractivity contribution is -0.147. The van der Waals surface area contributed by atoms with Crippen molar-refractivity contribution in [1.29, 1.82) is 0 Å². The summed E-state index contributed by atoms with van der Waals surface area (Å²) < 4.78 is 9.62. The number of amides is 1. The van der Waals surface area contributed by atoms with Crippen molar-refractivity contribution in [2.24, 2.45) is 0 Å². The molecule has 0 aromatic rings. The molecule has 1 amide bonds. The van der Waals surface area contributed by atoms with Gasteiger partial charge in [-0.15, -0.1) is 0 Å². The van der Waals surface area contributed by atoms with Crippen molar-refractivity contribution in [1.82, 2.24) is 4.90 Å². The van der Waals surface area contributed by atoms with E-state index in [1.54, 1.807) is 12.2 Å².